The molecule has 7 aliphatic rings. The summed E-state index contributed by atoms with van der Waals surface area (Å²) in [6.45, 7) is 6.70. The Kier molecular flexibility index (Phi) is 10.8. The van der Waals surface area contributed by atoms with Crippen molar-refractivity contribution in [3.05, 3.63) is 0 Å². The Morgan fingerprint density at radius 1 is 0.841 bits per heavy atom. The molecule has 10 nitrogen and oxygen atoms in total. The highest BCUT2D eigenvalue weighted by molar-refractivity contribution is 6.75. The molecule has 1 spiro atoms. The van der Waals surface area contributed by atoms with E-state index in [1.54, 1.807) is 13.8 Å². The van der Waals surface area contributed by atoms with Crippen molar-refractivity contribution in [3.8, 4) is 0 Å². The van der Waals surface area contributed by atoms with Gasteiger partial charge in [0.2, 0.25) is 0 Å². The second kappa shape index (κ2) is 13.7. The van der Waals surface area contributed by atoms with E-state index in [1.165, 1.54) is 0 Å². The highest BCUT2D eigenvalue weighted by Gasteiger charge is 2.60. The fourth-order valence-corrected chi connectivity index (χ4v) is 10.0. The van der Waals surface area contributed by atoms with Crippen molar-refractivity contribution in [2.45, 2.75) is 97.6 Å². The lowest BCUT2D eigenvalue weighted by molar-refractivity contribution is -0.207. The Balaban J connectivity index is 0.000000188. The van der Waals surface area contributed by atoms with Gasteiger partial charge in [-0.3, -0.25) is 24.0 Å². The van der Waals surface area contributed by atoms with Gasteiger partial charge in [-0.2, -0.15) is 0 Å². The minimum absolute atomic E-state index is 0. The van der Waals surface area contributed by atoms with E-state index in [-0.39, 0.29) is 84.6 Å². The number of carbonyl (C=O) groups excluding carboxylic acids is 4. The number of carbonyl (C=O) groups is 5. The number of esters is 2. The van der Waals surface area contributed by atoms with Crippen LogP contribution < -0.4 is 0 Å². The smallest absolute Gasteiger partial charge is 0.309 e. The van der Waals surface area contributed by atoms with Crippen LogP contribution in [-0.2, 0) is 42.9 Å². The van der Waals surface area contributed by atoms with Crippen molar-refractivity contribution < 1.29 is 48.0 Å². The number of aliphatic carboxylic acids is 1. The Hall–Kier alpha value is -2.20. The van der Waals surface area contributed by atoms with Crippen LogP contribution in [0, 0.1) is 59.2 Å². The number of ether oxygens (including phenoxy) is 4. The standard InChI is InChI=1S/C17H24O5.C14H18O5.CH4.B2/c1-9(18)14-12-3-4-17(20-5-6-21-17)8-11(12)7-13-15(14)10(2)22-16(13)19;1-6-11-10(14(18)19-6)5-7-4-8(15)2-3-9(7)12(11)13(16)17;;1-2/h10-15H,3-8H2,1-2H3;6-7,9-12H,2-5H2,1H3,(H,16,17);1H4;/t10-,11-,12-,13-,14+,15-;6-,7+,9-,10-,11-,12+;;/m11../s1. The summed E-state index contributed by atoms with van der Waals surface area (Å²) in [5.74, 6) is -1.77. The maximum atomic E-state index is 12.3. The maximum Gasteiger partial charge on any atom is 0.309 e. The summed E-state index contributed by atoms with van der Waals surface area (Å²) in [6, 6.07) is 0. The molecule has 0 unspecified atom stereocenters. The van der Waals surface area contributed by atoms with Crippen LogP contribution in [0.1, 0.15) is 79.6 Å². The summed E-state index contributed by atoms with van der Waals surface area (Å²) >= 11 is 0. The van der Waals surface area contributed by atoms with E-state index in [9.17, 15) is 29.1 Å². The van der Waals surface area contributed by atoms with E-state index in [2.05, 4.69) is 15.5 Å². The highest BCUT2D eigenvalue weighted by atomic mass is 16.7. The quantitative estimate of drug-likeness (QED) is 0.365. The number of hydrogen-bond donors (Lipinski definition) is 1. The molecule has 12 atom stereocenters. The molecule has 1 N–H and O–H groups in total. The Morgan fingerprint density at radius 2 is 1.36 bits per heavy atom. The van der Waals surface area contributed by atoms with E-state index < -0.39 is 17.7 Å². The first-order valence-corrected chi connectivity index (χ1v) is 15.8. The molecule has 0 bridgehead atoms. The van der Waals surface area contributed by atoms with Gasteiger partial charge in [-0.25, -0.2) is 0 Å². The summed E-state index contributed by atoms with van der Waals surface area (Å²) in [7, 11) is 8.00. The number of carboxylic acids is 1. The minimum Gasteiger partial charge on any atom is -0.481 e. The lowest BCUT2D eigenvalue weighted by Gasteiger charge is -2.49. The van der Waals surface area contributed by atoms with E-state index >= 15 is 0 Å². The molecule has 0 aromatic heterocycles. The lowest BCUT2D eigenvalue weighted by Crippen LogP contribution is -2.51. The SMILES string of the molecule is C.CC(=O)[C@H]1[C@@H]2CCC3(C[C@H]2C[C@H]2C(=O)O[C@H](C)[C@@H]12)OCCO3.C[C@H]1OC(=O)[C@@H]2C[C@@H]3CC(=O)CC[C@H]3[C@H](C(=O)O)[C@H]12.[B][B]. The first-order chi connectivity index (χ1) is 20.5. The fraction of sp³-hybridized carbons (Fsp3) is 0.844. The average Bonchev–Trinajstić information content (AvgIpc) is 3.62. The van der Waals surface area contributed by atoms with Crippen molar-refractivity contribution in [2.24, 2.45) is 59.2 Å². The molecule has 3 heterocycles. The van der Waals surface area contributed by atoms with Gasteiger partial charge in [0.05, 0.1) is 31.0 Å². The molecule has 3 saturated heterocycles. The average molecular weight is 612 g/mol. The third-order valence-corrected chi connectivity index (χ3v) is 11.5. The van der Waals surface area contributed by atoms with E-state index in [0.29, 0.717) is 50.7 Å². The van der Waals surface area contributed by atoms with Gasteiger partial charge in [-0.15, -0.1) is 0 Å². The number of Topliss-reactive ketones (excluding diaryl/α,β-unsaturated/α-hetero) is 2. The van der Waals surface area contributed by atoms with E-state index in [4.69, 9.17) is 18.9 Å². The number of cyclic esters (lactones) is 2. The van der Waals surface area contributed by atoms with Crippen molar-refractivity contribution in [2.75, 3.05) is 13.2 Å². The number of carboxylic acid groups (broad SMARTS) is 1. The number of ketones is 2. The molecule has 12 heteroatoms. The third kappa shape index (κ3) is 6.14. The second-order valence-electron chi connectivity index (χ2n) is 13.6. The van der Waals surface area contributed by atoms with Crippen molar-refractivity contribution in [1.82, 2.24) is 0 Å². The molecule has 7 fully saturated rings. The van der Waals surface area contributed by atoms with Crippen LogP contribution in [0.15, 0.2) is 0 Å². The number of fused-ring (bicyclic) bond motifs is 4. The van der Waals surface area contributed by atoms with Crippen LogP contribution in [-0.4, -0.2) is 81.3 Å². The largest absolute Gasteiger partial charge is 0.481 e. The molecule has 240 valence electrons. The minimum atomic E-state index is -0.843. The summed E-state index contributed by atoms with van der Waals surface area (Å²) in [5.41, 5.74) is 0. The van der Waals surface area contributed by atoms with Crippen molar-refractivity contribution in [1.29, 1.82) is 0 Å². The van der Waals surface area contributed by atoms with Crippen LogP contribution >= 0.6 is 0 Å². The monoisotopic (exact) mass is 612 g/mol. The first kappa shape index (κ1) is 34.7. The van der Waals surface area contributed by atoms with Crippen LogP contribution in [0.4, 0.5) is 0 Å². The summed E-state index contributed by atoms with van der Waals surface area (Å²) < 4.78 is 22.4. The predicted octanol–water partition coefficient (Wildman–Crippen LogP) is 3.06. The summed E-state index contributed by atoms with van der Waals surface area (Å²) in [4.78, 5) is 59.6. The molecule has 7 rings (SSSR count). The fourth-order valence-electron chi connectivity index (χ4n) is 10.0. The topological polar surface area (TPSA) is 142 Å². The van der Waals surface area contributed by atoms with E-state index in [1.807, 2.05) is 6.92 Å². The molecule has 4 saturated carbocycles. The Bertz CT molecular complexity index is 1120. The molecule has 44 heavy (non-hydrogen) atoms. The zero-order valence-electron chi connectivity index (χ0n) is 25.3. The Labute approximate surface area is 262 Å². The van der Waals surface area contributed by atoms with Gasteiger partial charge in [-0.05, 0) is 70.1 Å². The molecule has 4 aliphatic carbocycles. The first-order valence-electron chi connectivity index (χ1n) is 15.8. The molecule has 0 aromatic carbocycles. The normalized spacial score (nSPS) is 42.8. The van der Waals surface area contributed by atoms with Gasteiger partial charge in [0.1, 0.15) is 23.8 Å². The van der Waals surface area contributed by atoms with Crippen LogP contribution in [0.2, 0.25) is 0 Å². The molecule has 0 amide bonds. The predicted molar refractivity (Wildman–Crippen MR) is 159 cm³/mol. The van der Waals surface area contributed by atoms with Gasteiger partial charge < -0.3 is 24.1 Å². The van der Waals surface area contributed by atoms with Crippen LogP contribution in [0.25, 0.3) is 0 Å². The molecule has 3 aliphatic heterocycles. The molecule has 4 radical (unpaired) electrons. The van der Waals surface area contributed by atoms with Crippen molar-refractivity contribution >= 4 is 44.9 Å². The van der Waals surface area contributed by atoms with Crippen LogP contribution in [0.5, 0.6) is 0 Å². The zero-order valence-corrected chi connectivity index (χ0v) is 25.3. The number of hydrogen-bond acceptors (Lipinski definition) is 9. The van der Waals surface area contributed by atoms with Gasteiger partial charge in [0.25, 0.3) is 0 Å². The molecular formula is C32H46B2O10. The third-order valence-electron chi connectivity index (χ3n) is 11.5. The summed E-state index contributed by atoms with van der Waals surface area (Å²) in [5, 5.41) is 9.54. The summed E-state index contributed by atoms with van der Waals surface area (Å²) in [6.07, 6.45) is 5.14. The maximum absolute atomic E-state index is 12.3. The second-order valence-corrected chi connectivity index (χ2v) is 13.6. The molecular weight excluding hydrogens is 566 g/mol. The van der Waals surface area contributed by atoms with Gasteiger partial charge >= 0.3 is 17.9 Å². The Morgan fingerprint density at radius 3 is 1.91 bits per heavy atom. The van der Waals surface area contributed by atoms with Gasteiger partial charge in [0, 0.05) is 58.9 Å². The van der Waals surface area contributed by atoms with Crippen LogP contribution in [0.3, 0.4) is 0 Å². The van der Waals surface area contributed by atoms with E-state index in [0.717, 1.165) is 25.7 Å². The molecule has 0 aromatic rings. The van der Waals surface area contributed by atoms with Gasteiger partial charge in [-0.1, -0.05) is 7.43 Å². The van der Waals surface area contributed by atoms with Crippen molar-refractivity contribution in [3.63, 3.8) is 0 Å². The number of rotatable bonds is 2. The zero-order chi connectivity index (χ0) is 31.2. The highest BCUT2D eigenvalue weighted by Crippen LogP contribution is 2.56. The lowest BCUT2D eigenvalue weighted by atomic mass is 9.56. The van der Waals surface area contributed by atoms with Gasteiger partial charge in [0.15, 0.2) is 5.79 Å².